The lowest BCUT2D eigenvalue weighted by atomic mass is 9.94. The van der Waals surface area contributed by atoms with Crippen molar-refractivity contribution < 1.29 is 28.6 Å². The van der Waals surface area contributed by atoms with Crippen molar-refractivity contribution >= 4 is 18.2 Å². The summed E-state index contributed by atoms with van der Waals surface area (Å²) in [5.41, 5.74) is -1.10. The molecule has 2 amide bonds. The number of hydrogen-bond donors (Lipinski definition) is 2. The molecule has 1 atom stereocenters. The van der Waals surface area contributed by atoms with Crippen molar-refractivity contribution in [1.29, 1.82) is 0 Å². The number of benzene rings is 1. The molecule has 150 valence electrons. The molecule has 0 unspecified atom stereocenters. The Balaban J connectivity index is 2.76. The summed E-state index contributed by atoms with van der Waals surface area (Å²) in [6.07, 6.45) is -1.53. The van der Waals surface area contributed by atoms with Gasteiger partial charge in [0.15, 0.2) is 6.04 Å². The van der Waals surface area contributed by atoms with Gasteiger partial charge < -0.3 is 24.8 Å². The molecule has 0 radical (unpaired) electrons. The first-order chi connectivity index (χ1) is 12.4. The smallest absolute Gasteiger partial charge is 0.408 e. The number of esters is 1. The number of carbonyl (C=O) groups excluding carboxylic acids is 3. The second-order valence-electron chi connectivity index (χ2n) is 7.51. The minimum absolute atomic E-state index is 0.0422. The van der Waals surface area contributed by atoms with Gasteiger partial charge in [-0.15, -0.1) is 0 Å². The molecule has 0 aliphatic rings. The first kappa shape index (κ1) is 22.3. The number of hydrogen-bond acceptors (Lipinski definition) is 6. The summed E-state index contributed by atoms with van der Waals surface area (Å²) in [6, 6.07) is 7.92. The van der Waals surface area contributed by atoms with Crippen LogP contribution in [0.25, 0.3) is 0 Å². The molecule has 0 aliphatic carbocycles. The third-order valence-corrected chi connectivity index (χ3v) is 3.46. The average molecular weight is 380 g/mol. The van der Waals surface area contributed by atoms with E-state index in [4.69, 9.17) is 14.2 Å². The predicted octanol–water partition coefficient (Wildman–Crippen LogP) is 2.76. The van der Waals surface area contributed by atoms with Crippen LogP contribution in [-0.2, 0) is 25.6 Å². The Morgan fingerprint density at radius 2 is 1.59 bits per heavy atom. The van der Waals surface area contributed by atoms with Crippen molar-refractivity contribution in [3.05, 3.63) is 35.9 Å². The van der Waals surface area contributed by atoms with Crippen LogP contribution in [0.2, 0.25) is 0 Å². The van der Waals surface area contributed by atoms with Gasteiger partial charge in [0.25, 0.3) is 0 Å². The largest absolute Gasteiger partial charge is 0.467 e. The number of nitrogens with one attached hydrogen (secondary N) is 2. The molecule has 8 heteroatoms. The summed E-state index contributed by atoms with van der Waals surface area (Å²) in [4.78, 5) is 36.3. The van der Waals surface area contributed by atoms with Crippen molar-refractivity contribution in [3.8, 4) is 0 Å². The van der Waals surface area contributed by atoms with Gasteiger partial charge >= 0.3 is 18.2 Å². The Hall–Kier alpha value is -2.77. The standard InChI is InChI=1S/C19H28N2O6/c1-18(2,3)27-17(24)21-19(4,5)14(15(22)25-6)20-16(23)26-12-13-10-8-7-9-11-13/h7-11,14H,12H2,1-6H3,(H,20,23)(H,21,24)/t14-/m0/s1. The maximum atomic E-state index is 12.2. The molecule has 27 heavy (non-hydrogen) atoms. The molecule has 8 nitrogen and oxygen atoms in total. The molecule has 0 spiro atoms. The van der Waals surface area contributed by atoms with Crippen LogP contribution in [0.15, 0.2) is 30.3 Å². The summed E-state index contributed by atoms with van der Waals surface area (Å²) in [5.74, 6) is -0.729. The molecular weight excluding hydrogens is 352 g/mol. The van der Waals surface area contributed by atoms with Crippen LogP contribution >= 0.6 is 0 Å². The molecule has 1 aromatic carbocycles. The predicted molar refractivity (Wildman–Crippen MR) is 99.0 cm³/mol. The van der Waals surface area contributed by atoms with E-state index in [1.807, 2.05) is 18.2 Å². The molecule has 0 saturated heterocycles. The molecule has 0 saturated carbocycles. The van der Waals surface area contributed by atoms with Crippen LogP contribution in [0.5, 0.6) is 0 Å². The van der Waals surface area contributed by atoms with Crippen molar-refractivity contribution in [1.82, 2.24) is 10.6 Å². The highest BCUT2D eigenvalue weighted by atomic mass is 16.6. The third kappa shape index (κ3) is 7.98. The summed E-state index contributed by atoms with van der Waals surface area (Å²) >= 11 is 0. The van der Waals surface area contributed by atoms with E-state index in [1.165, 1.54) is 7.11 Å². The fraction of sp³-hybridized carbons (Fsp3) is 0.526. The molecular formula is C19H28N2O6. The van der Waals surface area contributed by atoms with Crippen LogP contribution in [0.3, 0.4) is 0 Å². The topological polar surface area (TPSA) is 103 Å². The van der Waals surface area contributed by atoms with E-state index < -0.39 is 35.3 Å². The third-order valence-electron chi connectivity index (χ3n) is 3.46. The number of amides is 2. The Morgan fingerprint density at radius 3 is 2.11 bits per heavy atom. The zero-order valence-electron chi connectivity index (χ0n) is 16.6. The van der Waals surface area contributed by atoms with Crippen molar-refractivity contribution in [2.75, 3.05) is 7.11 Å². The normalized spacial score (nSPS) is 12.5. The van der Waals surface area contributed by atoms with Gasteiger partial charge in [-0.1, -0.05) is 30.3 Å². The first-order valence-electron chi connectivity index (χ1n) is 8.51. The summed E-state index contributed by atoms with van der Waals surface area (Å²) in [7, 11) is 1.19. The number of alkyl carbamates (subject to hydrolysis) is 2. The highest BCUT2D eigenvalue weighted by molar-refractivity contribution is 5.83. The molecule has 0 aliphatic heterocycles. The van der Waals surface area contributed by atoms with Crippen LogP contribution in [0.1, 0.15) is 40.2 Å². The first-order valence-corrected chi connectivity index (χ1v) is 8.51. The average Bonchev–Trinajstić information content (AvgIpc) is 2.55. The van der Waals surface area contributed by atoms with Gasteiger partial charge in [-0.25, -0.2) is 14.4 Å². The van der Waals surface area contributed by atoms with Gasteiger partial charge in [0.2, 0.25) is 0 Å². The van der Waals surface area contributed by atoms with E-state index in [0.29, 0.717) is 0 Å². The molecule has 0 aromatic heterocycles. The zero-order chi connectivity index (χ0) is 20.7. The lowest BCUT2D eigenvalue weighted by Crippen LogP contribution is -2.62. The fourth-order valence-electron chi connectivity index (χ4n) is 2.17. The number of methoxy groups -OCH3 is 1. The van der Waals surface area contributed by atoms with Gasteiger partial charge in [0.1, 0.15) is 12.2 Å². The van der Waals surface area contributed by atoms with E-state index in [2.05, 4.69) is 10.6 Å². The van der Waals surface area contributed by atoms with Crippen molar-refractivity contribution in [2.45, 2.75) is 58.4 Å². The Morgan fingerprint density at radius 1 is 1.00 bits per heavy atom. The minimum atomic E-state index is -1.19. The molecule has 2 N–H and O–H groups in total. The highest BCUT2D eigenvalue weighted by Crippen LogP contribution is 2.14. The minimum Gasteiger partial charge on any atom is -0.467 e. The van der Waals surface area contributed by atoms with E-state index in [0.717, 1.165) is 5.56 Å². The number of carbonyl (C=O) groups is 3. The summed E-state index contributed by atoms with van der Waals surface area (Å²) in [6.45, 7) is 8.33. The lowest BCUT2D eigenvalue weighted by molar-refractivity contribution is -0.144. The molecule has 1 rings (SSSR count). The molecule has 0 fully saturated rings. The van der Waals surface area contributed by atoms with Gasteiger partial charge in [-0.3, -0.25) is 0 Å². The maximum Gasteiger partial charge on any atom is 0.408 e. The Labute approximate surface area is 159 Å². The summed E-state index contributed by atoms with van der Waals surface area (Å²) in [5, 5.41) is 5.02. The maximum absolute atomic E-state index is 12.2. The Bertz CT molecular complexity index is 652. The number of ether oxygens (including phenoxy) is 3. The second kappa shape index (κ2) is 9.25. The van der Waals surface area contributed by atoms with Crippen molar-refractivity contribution in [2.24, 2.45) is 0 Å². The Kier molecular flexibility index (Phi) is 7.63. The van der Waals surface area contributed by atoms with E-state index in [9.17, 15) is 14.4 Å². The van der Waals surface area contributed by atoms with E-state index in [-0.39, 0.29) is 6.61 Å². The quantitative estimate of drug-likeness (QED) is 0.581. The molecule has 0 heterocycles. The monoisotopic (exact) mass is 380 g/mol. The van der Waals surface area contributed by atoms with Crippen molar-refractivity contribution in [3.63, 3.8) is 0 Å². The van der Waals surface area contributed by atoms with Gasteiger partial charge in [0, 0.05) is 0 Å². The fourth-order valence-corrected chi connectivity index (χ4v) is 2.17. The van der Waals surface area contributed by atoms with Crippen LogP contribution in [0.4, 0.5) is 9.59 Å². The number of rotatable bonds is 6. The van der Waals surface area contributed by atoms with Gasteiger partial charge in [0.05, 0.1) is 12.6 Å². The zero-order valence-corrected chi connectivity index (χ0v) is 16.6. The van der Waals surface area contributed by atoms with Gasteiger partial charge in [-0.05, 0) is 40.2 Å². The van der Waals surface area contributed by atoms with E-state index in [1.54, 1.807) is 46.8 Å². The second-order valence-corrected chi connectivity index (χ2v) is 7.51. The molecule has 0 bridgehead atoms. The van der Waals surface area contributed by atoms with Crippen LogP contribution in [0, 0.1) is 0 Å². The SMILES string of the molecule is COC(=O)[C@H](NC(=O)OCc1ccccc1)C(C)(C)NC(=O)OC(C)(C)C. The van der Waals surface area contributed by atoms with Crippen LogP contribution < -0.4 is 10.6 Å². The summed E-state index contributed by atoms with van der Waals surface area (Å²) < 4.78 is 15.1. The lowest BCUT2D eigenvalue weighted by Gasteiger charge is -2.34. The van der Waals surface area contributed by atoms with Crippen LogP contribution in [-0.4, -0.2) is 42.4 Å². The van der Waals surface area contributed by atoms with Gasteiger partial charge in [-0.2, -0.15) is 0 Å². The van der Waals surface area contributed by atoms with E-state index >= 15 is 0 Å². The molecule has 1 aromatic rings. The highest BCUT2D eigenvalue weighted by Gasteiger charge is 2.40.